The maximum absolute atomic E-state index is 14.0. The van der Waals surface area contributed by atoms with Crippen LogP contribution < -0.4 is 14.8 Å². The second kappa shape index (κ2) is 12.2. The van der Waals surface area contributed by atoms with Gasteiger partial charge in [0.25, 0.3) is 5.91 Å². The molecule has 7 heteroatoms. The van der Waals surface area contributed by atoms with Crippen LogP contribution in [0.3, 0.4) is 0 Å². The van der Waals surface area contributed by atoms with E-state index in [-0.39, 0.29) is 18.6 Å². The van der Waals surface area contributed by atoms with Gasteiger partial charge in [-0.05, 0) is 60.4 Å². The van der Waals surface area contributed by atoms with Gasteiger partial charge in [0.15, 0.2) is 11.6 Å². The highest BCUT2D eigenvalue weighted by Gasteiger charge is 2.53. The summed E-state index contributed by atoms with van der Waals surface area (Å²) in [6, 6.07) is 25.2. The molecule has 7 nitrogen and oxygen atoms in total. The predicted octanol–water partition coefficient (Wildman–Crippen LogP) is 5.10. The van der Waals surface area contributed by atoms with E-state index in [0.717, 1.165) is 29.5 Å². The first-order valence-electron chi connectivity index (χ1n) is 13.4. The van der Waals surface area contributed by atoms with Crippen LogP contribution in [0.2, 0.25) is 0 Å². The van der Waals surface area contributed by atoms with Gasteiger partial charge >= 0.3 is 0 Å². The predicted molar refractivity (Wildman–Crippen MR) is 151 cm³/mol. The van der Waals surface area contributed by atoms with E-state index in [1.807, 2.05) is 91.0 Å². The van der Waals surface area contributed by atoms with E-state index in [1.54, 1.807) is 7.11 Å². The Hall–Kier alpha value is -4.10. The van der Waals surface area contributed by atoms with E-state index < -0.39 is 11.6 Å². The molecule has 1 saturated carbocycles. The molecule has 0 radical (unpaired) electrons. The summed E-state index contributed by atoms with van der Waals surface area (Å²) in [7, 11) is 1.62. The van der Waals surface area contributed by atoms with Gasteiger partial charge in [-0.2, -0.15) is 0 Å². The van der Waals surface area contributed by atoms with Crippen molar-refractivity contribution in [3.63, 3.8) is 0 Å². The maximum Gasteiger partial charge on any atom is 0.252 e. The van der Waals surface area contributed by atoms with Crippen LogP contribution in [0.25, 0.3) is 6.08 Å². The minimum absolute atomic E-state index is 0.0815. The van der Waals surface area contributed by atoms with Gasteiger partial charge in [0.05, 0.1) is 13.7 Å². The molecule has 5 rings (SSSR count). The molecule has 39 heavy (non-hydrogen) atoms. The number of carbonyl (C=O) groups is 1. The molecule has 0 saturated heterocycles. The number of hydrogen-bond donors (Lipinski definition) is 2. The van der Waals surface area contributed by atoms with E-state index in [9.17, 15) is 4.79 Å². The third kappa shape index (κ3) is 6.32. The molecule has 0 bridgehead atoms. The lowest BCUT2D eigenvalue weighted by atomic mass is 9.84. The van der Waals surface area contributed by atoms with Crippen LogP contribution in [-0.2, 0) is 9.53 Å². The van der Waals surface area contributed by atoms with Crippen molar-refractivity contribution >= 4 is 17.9 Å². The van der Waals surface area contributed by atoms with Gasteiger partial charge in [0.1, 0.15) is 11.5 Å². The molecule has 0 unspecified atom stereocenters. The summed E-state index contributed by atoms with van der Waals surface area (Å²) in [5.74, 6) is 1.64. The monoisotopic (exact) mass is 526 g/mol. The Morgan fingerprint density at radius 2 is 1.87 bits per heavy atom. The zero-order valence-electron chi connectivity index (χ0n) is 22.1. The molecule has 1 heterocycles. The number of aliphatic hydroxyl groups is 1. The lowest BCUT2D eigenvalue weighted by Gasteiger charge is -2.30. The van der Waals surface area contributed by atoms with Crippen molar-refractivity contribution in [1.82, 2.24) is 5.32 Å². The molecule has 3 aromatic carbocycles. The minimum atomic E-state index is -1.20. The number of ether oxygens (including phenoxy) is 3. The van der Waals surface area contributed by atoms with Crippen molar-refractivity contribution in [1.29, 1.82) is 0 Å². The number of aliphatic hydroxyl groups excluding tert-OH is 1. The number of benzene rings is 3. The number of hydrogen-bond acceptors (Lipinski definition) is 6. The number of carbonyl (C=O) groups excluding carboxylic acids is 1. The molecule has 2 atom stereocenters. The summed E-state index contributed by atoms with van der Waals surface area (Å²) in [6.07, 6.45) is 6.23. The number of rotatable bonds is 12. The molecule has 1 fully saturated rings. The quantitative estimate of drug-likeness (QED) is 0.321. The van der Waals surface area contributed by atoms with Gasteiger partial charge < -0.3 is 24.6 Å². The number of nitrogens with one attached hydrogen (secondary N) is 1. The van der Waals surface area contributed by atoms with Gasteiger partial charge in [0.2, 0.25) is 5.90 Å². The largest absolute Gasteiger partial charge is 0.497 e. The average Bonchev–Trinajstić information content (AvgIpc) is 3.71. The van der Waals surface area contributed by atoms with E-state index in [1.165, 1.54) is 0 Å². The van der Waals surface area contributed by atoms with Crippen LogP contribution in [0.5, 0.6) is 11.5 Å². The van der Waals surface area contributed by atoms with Crippen LogP contribution >= 0.6 is 0 Å². The van der Waals surface area contributed by atoms with Crippen LogP contribution in [0.15, 0.2) is 89.9 Å². The fourth-order valence-electron chi connectivity index (χ4n) is 4.60. The third-order valence-corrected chi connectivity index (χ3v) is 6.88. The minimum Gasteiger partial charge on any atom is -0.497 e. The van der Waals surface area contributed by atoms with Crippen molar-refractivity contribution < 1.29 is 24.1 Å². The number of nitrogens with zero attached hydrogens (tertiary/aromatic N) is 1. The first-order valence-corrected chi connectivity index (χ1v) is 13.4. The van der Waals surface area contributed by atoms with Crippen LogP contribution in [0, 0.1) is 0 Å². The highest BCUT2D eigenvalue weighted by molar-refractivity contribution is 6.01. The number of methoxy groups -OCH3 is 1. The van der Waals surface area contributed by atoms with Crippen LogP contribution in [-0.4, -0.2) is 48.8 Å². The zero-order valence-corrected chi connectivity index (χ0v) is 22.1. The number of amides is 1. The molecule has 202 valence electrons. The Morgan fingerprint density at radius 3 is 2.59 bits per heavy atom. The second-order valence-corrected chi connectivity index (χ2v) is 9.83. The van der Waals surface area contributed by atoms with Crippen LogP contribution in [0.4, 0.5) is 0 Å². The highest BCUT2D eigenvalue weighted by atomic mass is 16.5. The summed E-state index contributed by atoms with van der Waals surface area (Å²) in [5.41, 5.74) is 1.42. The zero-order chi connectivity index (χ0) is 27.1. The molecule has 2 N–H and O–H groups in total. The van der Waals surface area contributed by atoms with E-state index in [4.69, 9.17) is 24.3 Å². The summed E-state index contributed by atoms with van der Waals surface area (Å²) in [5, 5.41) is 12.2. The Labute approximate surface area is 229 Å². The number of aliphatic imine (C=N–C) groups is 1. The lowest BCUT2D eigenvalue weighted by Crippen LogP contribution is -2.48. The molecule has 0 spiro atoms. The summed E-state index contributed by atoms with van der Waals surface area (Å²) < 4.78 is 17.7. The molecule has 1 aliphatic carbocycles. The Kier molecular flexibility index (Phi) is 8.27. The Bertz CT molecular complexity index is 1320. The first kappa shape index (κ1) is 26.5. The van der Waals surface area contributed by atoms with Gasteiger partial charge in [-0.1, -0.05) is 54.6 Å². The third-order valence-electron chi connectivity index (χ3n) is 6.88. The molecular formula is C32H34N2O5. The molecule has 3 aromatic rings. The second-order valence-electron chi connectivity index (χ2n) is 9.83. The molecular weight excluding hydrogens is 492 g/mol. The van der Waals surface area contributed by atoms with Crippen LogP contribution in [0.1, 0.15) is 48.5 Å². The van der Waals surface area contributed by atoms with Gasteiger partial charge in [-0.15, -0.1) is 0 Å². The lowest BCUT2D eigenvalue weighted by molar-refractivity contribution is -0.129. The van der Waals surface area contributed by atoms with Gasteiger partial charge in [-0.25, -0.2) is 4.99 Å². The standard InChI is InChI=1S/C32H34N2O5/c1-37-28-12-5-11-25(22-28)29-32(31(36)33-26-15-16-26,19-6-10-23-8-3-2-4-9-23)34-30(39-29)24-13-17-27(18-14-24)38-21-7-20-35/h2-6,8-14,17-18,22,26,29,35H,7,15-16,19-21H2,1H3,(H,33,36)/b10-6+/t29-,32-/m1/s1. The maximum atomic E-state index is 14.0. The van der Waals surface area contributed by atoms with Crippen molar-refractivity contribution in [2.45, 2.75) is 43.4 Å². The SMILES string of the molecule is COc1cccc([C@H]2OC(c3ccc(OCCCO)cc3)=N[C@@]2(C/C=C/c2ccccc2)C(=O)NC2CC2)c1. The molecule has 1 aliphatic heterocycles. The van der Waals surface area contributed by atoms with E-state index >= 15 is 0 Å². The molecule has 2 aliphatic rings. The Balaban J connectivity index is 1.52. The van der Waals surface area contributed by atoms with Gasteiger partial charge in [0, 0.05) is 31.1 Å². The molecule has 1 amide bonds. The first-order chi connectivity index (χ1) is 19.1. The topological polar surface area (TPSA) is 89.4 Å². The summed E-state index contributed by atoms with van der Waals surface area (Å²) in [6.45, 7) is 0.515. The smallest absolute Gasteiger partial charge is 0.252 e. The highest BCUT2D eigenvalue weighted by Crippen LogP contribution is 2.44. The van der Waals surface area contributed by atoms with Crippen molar-refractivity contribution in [2.75, 3.05) is 20.3 Å². The average molecular weight is 527 g/mol. The van der Waals surface area contributed by atoms with E-state index in [0.29, 0.717) is 36.8 Å². The summed E-state index contributed by atoms with van der Waals surface area (Å²) in [4.78, 5) is 19.0. The fraction of sp³-hybridized carbons (Fsp3) is 0.312. The normalized spacial score (nSPS) is 20.4. The van der Waals surface area contributed by atoms with Gasteiger partial charge in [-0.3, -0.25) is 4.79 Å². The van der Waals surface area contributed by atoms with E-state index in [2.05, 4.69) is 5.32 Å². The fourth-order valence-corrected chi connectivity index (χ4v) is 4.60. The Morgan fingerprint density at radius 1 is 1.08 bits per heavy atom. The van der Waals surface area contributed by atoms with Crippen molar-refractivity contribution in [3.8, 4) is 11.5 Å². The van der Waals surface area contributed by atoms with Crippen molar-refractivity contribution in [2.24, 2.45) is 4.99 Å². The molecule has 0 aromatic heterocycles. The summed E-state index contributed by atoms with van der Waals surface area (Å²) >= 11 is 0. The van der Waals surface area contributed by atoms with Crippen molar-refractivity contribution in [3.05, 3.63) is 102 Å².